The summed E-state index contributed by atoms with van der Waals surface area (Å²) in [6.45, 7) is 7.11. The minimum atomic E-state index is -0.499. The number of carbonyl (C=O) groups is 2. The maximum Gasteiger partial charge on any atom is 0.328 e. The van der Waals surface area contributed by atoms with Crippen molar-refractivity contribution in [1.29, 1.82) is 0 Å². The summed E-state index contributed by atoms with van der Waals surface area (Å²) in [7, 11) is 0. The number of likely N-dealkylation sites (tertiary alicyclic amines) is 1. The summed E-state index contributed by atoms with van der Waals surface area (Å²) in [4.78, 5) is 26.7. The van der Waals surface area contributed by atoms with Gasteiger partial charge in [0.1, 0.15) is 6.04 Å². The zero-order valence-corrected chi connectivity index (χ0v) is 18.5. The van der Waals surface area contributed by atoms with Crippen molar-refractivity contribution < 1.29 is 14.3 Å². The Morgan fingerprint density at radius 3 is 2.77 bits per heavy atom. The van der Waals surface area contributed by atoms with Crippen LogP contribution in [0.4, 0.5) is 0 Å². The Morgan fingerprint density at radius 1 is 1.27 bits per heavy atom. The molecule has 1 aromatic carbocycles. The maximum atomic E-state index is 12.8. The van der Waals surface area contributed by atoms with E-state index in [-0.39, 0.29) is 11.9 Å². The Balaban J connectivity index is 1.77. The van der Waals surface area contributed by atoms with Crippen LogP contribution in [-0.2, 0) is 20.9 Å². The van der Waals surface area contributed by atoms with Gasteiger partial charge in [-0.2, -0.15) is 5.10 Å². The number of hydrogen-bond donors (Lipinski definition) is 0. The van der Waals surface area contributed by atoms with Gasteiger partial charge >= 0.3 is 5.97 Å². The second-order valence-corrected chi connectivity index (χ2v) is 7.87. The van der Waals surface area contributed by atoms with Crippen molar-refractivity contribution in [2.45, 2.75) is 52.6 Å². The average Bonchev–Trinajstić information content (AvgIpc) is 3.00. The number of aryl methyl sites for hydroxylation is 1. The highest BCUT2D eigenvalue weighted by atomic mass is 35.5. The standard InChI is InChI=1S/C23H28ClN3O3/c1-4-30-23(29)21-11-7-8-14-26(21)22(28)13-12-19-16(2)25-27(17(19)3)15-18-9-5-6-10-20(18)24/h5-6,9-10,12-13,21H,4,7-8,11,14-15H2,1-3H3/b13-12+/t21-/m1/s1. The average molecular weight is 430 g/mol. The summed E-state index contributed by atoms with van der Waals surface area (Å²) < 4.78 is 7.04. The van der Waals surface area contributed by atoms with Gasteiger partial charge in [0.25, 0.3) is 0 Å². The Hall–Kier alpha value is -2.60. The second kappa shape index (κ2) is 9.94. The van der Waals surface area contributed by atoms with Gasteiger partial charge in [0.15, 0.2) is 0 Å². The van der Waals surface area contributed by atoms with E-state index in [1.54, 1.807) is 17.9 Å². The lowest BCUT2D eigenvalue weighted by atomic mass is 10.0. The fourth-order valence-electron chi connectivity index (χ4n) is 3.82. The molecule has 1 aromatic heterocycles. The highest BCUT2D eigenvalue weighted by molar-refractivity contribution is 6.31. The highest BCUT2D eigenvalue weighted by Crippen LogP contribution is 2.22. The van der Waals surface area contributed by atoms with Crippen LogP contribution in [0, 0.1) is 13.8 Å². The van der Waals surface area contributed by atoms with Gasteiger partial charge in [0, 0.05) is 28.9 Å². The van der Waals surface area contributed by atoms with Crippen LogP contribution >= 0.6 is 11.6 Å². The quantitative estimate of drug-likeness (QED) is 0.511. The van der Waals surface area contributed by atoms with Gasteiger partial charge in [0.05, 0.1) is 18.8 Å². The molecule has 7 heteroatoms. The predicted octanol–water partition coefficient (Wildman–Crippen LogP) is 4.16. The number of carbonyl (C=O) groups excluding carboxylic acids is 2. The van der Waals surface area contributed by atoms with Crippen molar-refractivity contribution >= 4 is 29.6 Å². The largest absolute Gasteiger partial charge is 0.464 e. The molecule has 3 rings (SSSR count). The molecule has 1 aliphatic rings. The van der Waals surface area contributed by atoms with E-state index in [9.17, 15) is 9.59 Å². The molecule has 1 fully saturated rings. The third-order valence-electron chi connectivity index (χ3n) is 5.45. The van der Waals surface area contributed by atoms with E-state index in [2.05, 4.69) is 5.10 Å². The Morgan fingerprint density at radius 2 is 2.03 bits per heavy atom. The van der Waals surface area contributed by atoms with Gasteiger partial charge < -0.3 is 9.64 Å². The fourth-order valence-corrected chi connectivity index (χ4v) is 4.02. The lowest BCUT2D eigenvalue weighted by Crippen LogP contribution is -2.48. The van der Waals surface area contributed by atoms with Crippen molar-refractivity contribution in [2.24, 2.45) is 0 Å². The summed E-state index contributed by atoms with van der Waals surface area (Å²) in [5.74, 6) is -0.496. The smallest absolute Gasteiger partial charge is 0.328 e. The molecule has 1 atom stereocenters. The van der Waals surface area contributed by atoms with Crippen molar-refractivity contribution in [3.05, 3.63) is 57.9 Å². The van der Waals surface area contributed by atoms with Crippen LogP contribution in [0.5, 0.6) is 0 Å². The molecule has 0 aliphatic carbocycles. The van der Waals surface area contributed by atoms with Crippen LogP contribution in [0.15, 0.2) is 30.3 Å². The minimum absolute atomic E-state index is 0.176. The number of halogens is 1. The van der Waals surface area contributed by atoms with E-state index in [4.69, 9.17) is 16.3 Å². The first kappa shape index (κ1) is 22.1. The van der Waals surface area contributed by atoms with Gasteiger partial charge in [-0.3, -0.25) is 9.48 Å². The van der Waals surface area contributed by atoms with E-state index in [0.29, 0.717) is 31.1 Å². The van der Waals surface area contributed by atoms with E-state index < -0.39 is 6.04 Å². The monoisotopic (exact) mass is 429 g/mol. The molecule has 0 saturated carbocycles. The molecule has 0 unspecified atom stereocenters. The Labute approximate surface area is 182 Å². The van der Waals surface area contributed by atoms with E-state index in [0.717, 1.165) is 35.4 Å². The third kappa shape index (κ3) is 4.93. The first-order valence-corrected chi connectivity index (χ1v) is 10.7. The number of hydrogen-bond acceptors (Lipinski definition) is 4. The topological polar surface area (TPSA) is 64.4 Å². The number of rotatable bonds is 6. The second-order valence-electron chi connectivity index (χ2n) is 7.46. The van der Waals surface area contributed by atoms with Gasteiger partial charge in [-0.15, -0.1) is 0 Å². The molecule has 2 heterocycles. The number of esters is 1. The van der Waals surface area contributed by atoms with Crippen LogP contribution in [-0.4, -0.2) is 45.8 Å². The van der Waals surface area contributed by atoms with Gasteiger partial charge in [-0.25, -0.2) is 4.79 Å². The van der Waals surface area contributed by atoms with Crippen molar-refractivity contribution in [3.8, 4) is 0 Å². The zero-order valence-electron chi connectivity index (χ0n) is 17.7. The van der Waals surface area contributed by atoms with Crippen LogP contribution in [0.3, 0.4) is 0 Å². The molecule has 0 spiro atoms. The molecule has 30 heavy (non-hydrogen) atoms. The Kier molecular flexibility index (Phi) is 7.32. The molecule has 6 nitrogen and oxygen atoms in total. The van der Waals surface area contributed by atoms with E-state index in [1.807, 2.05) is 42.8 Å². The van der Waals surface area contributed by atoms with E-state index in [1.165, 1.54) is 6.08 Å². The molecular weight excluding hydrogens is 402 g/mol. The van der Waals surface area contributed by atoms with Crippen molar-refractivity contribution in [2.75, 3.05) is 13.2 Å². The first-order chi connectivity index (χ1) is 14.4. The third-order valence-corrected chi connectivity index (χ3v) is 5.82. The molecule has 160 valence electrons. The Bertz CT molecular complexity index is 951. The molecule has 1 saturated heterocycles. The number of amides is 1. The normalized spacial score (nSPS) is 16.8. The van der Waals surface area contributed by atoms with Gasteiger partial charge in [-0.1, -0.05) is 29.8 Å². The van der Waals surface area contributed by atoms with Crippen LogP contribution < -0.4 is 0 Å². The number of nitrogens with zero attached hydrogens (tertiary/aromatic N) is 3. The van der Waals surface area contributed by atoms with Crippen molar-refractivity contribution in [1.82, 2.24) is 14.7 Å². The fraction of sp³-hybridized carbons (Fsp3) is 0.435. The zero-order chi connectivity index (χ0) is 21.7. The highest BCUT2D eigenvalue weighted by Gasteiger charge is 2.32. The maximum absolute atomic E-state index is 12.8. The number of ether oxygens (including phenoxy) is 1. The molecule has 0 radical (unpaired) electrons. The summed E-state index contributed by atoms with van der Waals surface area (Å²) >= 11 is 6.28. The molecule has 1 amide bonds. The van der Waals surface area contributed by atoms with Crippen LogP contribution in [0.25, 0.3) is 6.08 Å². The number of aromatic nitrogens is 2. The summed E-state index contributed by atoms with van der Waals surface area (Å²) in [5, 5.41) is 5.31. The SMILES string of the molecule is CCOC(=O)[C@H]1CCCCN1C(=O)/C=C/c1c(C)nn(Cc2ccccc2Cl)c1C. The van der Waals surface area contributed by atoms with Gasteiger partial charge in [-0.05, 0) is 57.7 Å². The summed E-state index contributed by atoms with van der Waals surface area (Å²) in [6, 6.07) is 7.19. The summed E-state index contributed by atoms with van der Waals surface area (Å²) in [5.41, 5.74) is 3.68. The predicted molar refractivity (Wildman–Crippen MR) is 117 cm³/mol. The molecule has 2 aromatic rings. The minimum Gasteiger partial charge on any atom is -0.464 e. The first-order valence-electron chi connectivity index (χ1n) is 10.3. The summed E-state index contributed by atoms with van der Waals surface area (Å²) in [6.07, 6.45) is 5.79. The van der Waals surface area contributed by atoms with Crippen LogP contribution in [0.2, 0.25) is 5.02 Å². The lowest BCUT2D eigenvalue weighted by molar-refractivity contribution is -0.155. The number of piperidine rings is 1. The lowest BCUT2D eigenvalue weighted by Gasteiger charge is -2.33. The molecule has 1 aliphatic heterocycles. The van der Waals surface area contributed by atoms with E-state index >= 15 is 0 Å². The number of benzene rings is 1. The molecule has 0 bridgehead atoms. The molecular formula is C23H28ClN3O3. The van der Waals surface area contributed by atoms with Crippen molar-refractivity contribution in [3.63, 3.8) is 0 Å². The van der Waals surface area contributed by atoms with Gasteiger partial charge in [0.2, 0.25) is 5.91 Å². The molecule has 0 N–H and O–H groups in total. The van der Waals surface area contributed by atoms with Crippen LogP contribution in [0.1, 0.15) is 48.7 Å².